The highest BCUT2D eigenvalue weighted by Gasteiger charge is 1.97. The molecule has 0 rings (SSSR count). The molecule has 0 saturated carbocycles. The lowest BCUT2D eigenvalue weighted by molar-refractivity contribution is 0.824. The molecular formula is C8H17NS. The molecule has 0 aromatic heterocycles. The average molecular weight is 159 g/mol. The molecule has 0 spiro atoms. The Morgan fingerprint density at radius 1 is 1.60 bits per heavy atom. The highest BCUT2D eigenvalue weighted by atomic mass is 32.2. The summed E-state index contributed by atoms with van der Waals surface area (Å²) in [6, 6.07) is 0. The molecule has 0 heterocycles. The van der Waals surface area contributed by atoms with Gasteiger partial charge in [-0.05, 0) is 19.9 Å². The molecule has 1 atom stereocenters. The van der Waals surface area contributed by atoms with Crippen LogP contribution in [0, 0.1) is 0 Å². The number of allylic oxidation sites excluding steroid dienone is 1. The SMILES string of the molecule is C/C=C/CSC(C)CCN. The third kappa shape index (κ3) is 6.17. The Morgan fingerprint density at radius 3 is 2.80 bits per heavy atom. The van der Waals surface area contributed by atoms with Crippen molar-refractivity contribution in [2.75, 3.05) is 12.3 Å². The molecule has 60 valence electrons. The van der Waals surface area contributed by atoms with Crippen molar-refractivity contribution >= 4 is 11.8 Å². The minimum absolute atomic E-state index is 0.709. The molecule has 1 nitrogen and oxygen atoms in total. The minimum Gasteiger partial charge on any atom is -0.330 e. The molecule has 0 aromatic rings. The highest BCUT2D eigenvalue weighted by Crippen LogP contribution is 2.12. The minimum atomic E-state index is 0.709. The van der Waals surface area contributed by atoms with Crippen molar-refractivity contribution in [2.24, 2.45) is 5.73 Å². The molecule has 0 aliphatic heterocycles. The summed E-state index contributed by atoms with van der Waals surface area (Å²) < 4.78 is 0. The summed E-state index contributed by atoms with van der Waals surface area (Å²) in [5.41, 5.74) is 5.40. The van der Waals surface area contributed by atoms with E-state index in [4.69, 9.17) is 5.73 Å². The van der Waals surface area contributed by atoms with E-state index in [1.54, 1.807) is 0 Å². The quantitative estimate of drug-likeness (QED) is 0.621. The Balaban J connectivity index is 3.12. The summed E-state index contributed by atoms with van der Waals surface area (Å²) in [5.74, 6) is 1.12. The molecule has 0 bridgehead atoms. The van der Waals surface area contributed by atoms with E-state index in [0.29, 0.717) is 5.25 Å². The molecule has 0 fully saturated rings. The average Bonchev–Trinajstić information content (AvgIpc) is 1.89. The van der Waals surface area contributed by atoms with E-state index in [1.165, 1.54) is 0 Å². The van der Waals surface area contributed by atoms with Crippen LogP contribution in [-0.4, -0.2) is 17.5 Å². The number of hydrogen-bond acceptors (Lipinski definition) is 2. The van der Waals surface area contributed by atoms with Gasteiger partial charge in [0.2, 0.25) is 0 Å². The van der Waals surface area contributed by atoms with Crippen LogP contribution in [0.4, 0.5) is 0 Å². The van der Waals surface area contributed by atoms with Crippen molar-refractivity contribution in [2.45, 2.75) is 25.5 Å². The maximum absolute atomic E-state index is 5.40. The topological polar surface area (TPSA) is 26.0 Å². The summed E-state index contributed by atoms with van der Waals surface area (Å²) in [7, 11) is 0. The van der Waals surface area contributed by atoms with Gasteiger partial charge in [-0.15, -0.1) is 0 Å². The standard InChI is InChI=1S/C8H17NS/c1-3-4-7-10-8(2)5-6-9/h3-4,8H,5-7,9H2,1-2H3/b4-3+. The molecule has 10 heavy (non-hydrogen) atoms. The van der Waals surface area contributed by atoms with Crippen molar-refractivity contribution < 1.29 is 0 Å². The third-order valence-corrected chi connectivity index (χ3v) is 2.48. The lowest BCUT2D eigenvalue weighted by atomic mass is 10.3. The van der Waals surface area contributed by atoms with Gasteiger partial charge in [-0.3, -0.25) is 0 Å². The fraction of sp³-hybridized carbons (Fsp3) is 0.750. The summed E-state index contributed by atoms with van der Waals surface area (Å²) >= 11 is 1.96. The van der Waals surface area contributed by atoms with Gasteiger partial charge >= 0.3 is 0 Å². The van der Waals surface area contributed by atoms with E-state index in [-0.39, 0.29) is 0 Å². The van der Waals surface area contributed by atoms with Gasteiger partial charge in [0.05, 0.1) is 0 Å². The van der Waals surface area contributed by atoms with Crippen molar-refractivity contribution in [1.29, 1.82) is 0 Å². The fourth-order valence-electron chi connectivity index (χ4n) is 0.634. The van der Waals surface area contributed by atoms with Gasteiger partial charge in [0, 0.05) is 11.0 Å². The van der Waals surface area contributed by atoms with Gasteiger partial charge in [0.15, 0.2) is 0 Å². The third-order valence-electron chi connectivity index (χ3n) is 1.29. The van der Waals surface area contributed by atoms with Gasteiger partial charge in [-0.2, -0.15) is 11.8 Å². The Morgan fingerprint density at radius 2 is 2.30 bits per heavy atom. The zero-order chi connectivity index (χ0) is 7.82. The lowest BCUT2D eigenvalue weighted by Crippen LogP contribution is -2.07. The first-order chi connectivity index (χ1) is 4.81. The van der Waals surface area contributed by atoms with Crippen molar-refractivity contribution in [3.63, 3.8) is 0 Å². The van der Waals surface area contributed by atoms with Crippen LogP contribution in [0.3, 0.4) is 0 Å². The smallest absolute Gasteiger partial charge is 0.0115 e. The maximum atomic E-state index is 5.40. The molecule has 0 saturated heterocycles. The zero-order valence-electron chi connectivity index (χ0n) is 6.84. The Hall–Kier alpha value is 0.0500. The maximum Gasteiger partial charge on any atom is 0.0115 e. The Labute approximate surface area is 68.1 Å². The fourth-order valence-corrected chi connectivity index (χ4v) is 1.57. The van der Waals surface area contributed by atoms with Gasteiger partial charge < -0.3 is 5.73 Å². The number of rotatable bonds is 5. The van der Waals surface area contributed by atoms with Crippen LogP contribution in [0.1, 0.15) is 20.3 Å². The lowest BCUT2D eigenvalue weighted by Gasteiger charge is -2.06. The predicted octanol–water partition coefficient (Wildman–Crippen LogP) is 2.03. The number of thioether (sulfide) groups is 1. The van der Waals surface area contributed by atoms with Gasteiger partial charge in [0.1, 0.15) is 0 Å². The molecular weight excluding hydrogens is 142 g/mol. The van der Waals surface area contributed by atoms with Crippen LogP contribution in [0.2, 0.25) is 0 Å². The molecule has 0 aliphatic rings. The van der Waals surface area contributed by atoms with Crippen LogP contribution < -0.4 is 5.73 Å². The molecule has 2 heteroatoms. The summed E-state index contributed by atoms with van der Waals surface area (Å²) in [6.07, 6.45) is 5.39. The van der Waals surface area contributed by atoms with Crippen molar-refractivity contribution in [3.05, 3.63) is 12.2 Å². The molecule has 0 amide bonds. The van der Waals surface area contributed by atoms with E-state index in [2.05, 4.69) is 19.1 Å². The second-order valence-electron chi connectivity index (χ2n) is 2.29. The first kappa shape index (κ1) is 10.0. The second kappa shape index (κ2) is 7.16. The second-order valence-corrected chi connectivity index (χ2v) is 3.76. The van der Waals surface area contributed by atoms with E-state index >= 15 is 0 Å². The van der Waals surface area contributed by atoms with Crippen LogP contribution in [0.5, 0.6) is 0 Å². The number of hydrogen-bond donors (Lipinski definition) is 1. The highest BCUT2D eigenvalue weighted by molar-refractivity contribution is 8.00. The van der Waals surface area contributed by atoms with E-state index < -0.39 is 0 Å². The van der Waals surface area contributed by atoms with Gasteiger partial charge in [0.25, 0.3) is 0 Å². The van der Waals surface area contributed by atoms with E-state index in [9.17, 15) is 0 Å². The first-order valence-corrected chi connectivity index (χ1v) is 4.79. The predicted molar refractivity (Wildman–Crippen MR) is 50.4 cm³/mol. The number of nitrogens with two attached hydrogens (primary N) is 1. The molecule has 0 aliphatic carbocycles. The largest absolute Gasteiger partial charge is 0.330 e. The molecule has 2 N–H and O–H groups in total. The first-order valence-electron chi connectivity index (χ1n) is 3.74. The van der Waals surface area contributed by atoms with Crippen molar-refractivity contribution in [3.8, 4) is 0 Å². The normalized spacial score (nSPS) is 14.3. The Bertz CT molecular complexity index is 91.3. The summed E-state index contributed by atoms with van der Waals surface area (Å²) in [6.45, 7) is 5.08. The zero-order valence-corrected chi connectivity index (χ0v) is 7.66. The van der Waals surface area contributed by atoms with E-state index in [0.717, 1.165) is 18.7 Å². The van der Waals surface area contributed by atoms with Crippen LogP contribution >= 0.6 is 11.8 Å². The van der Waals surface area contributed by atoms with E-state index in [1.807, 2.05) is 18.7 Å². The van der Waals surface area contributed by atoms with Crippen molar-refractivity contribution in [1.82, 2.24) is 0 Å². The van der Waals surface area contributed by atoms with Gasteiger partial charge in [-0.1, -0.05) is 19.1 Å². The molecule has 0 aromatic carbocycles. The monoisotopic (exact) mass is 159 g/mol. The van der Waals surface area contributed by atoms with Crippen LogP contribution in [0.15, 0.2) is 12.2 Å². The summed E-state index contributed by atoms with van der Waals surface area (Å²) in [4.78, 5) is 0. The Kier molecular flexibility index (Phi) is 7.20. The van der Waals surface area contributed by atoms with Crippen LogP contribution in [0.25, 0.3) is 0 Å². The summed E-state index contributed by atoms with van der Waals surface area (Å²) in [5, 5.41) is 0.709. The molecule has 1 unspecified atom stereocenters. The van der Waals surface area contributed by atoms with Gasteiger partial charge in [-0.25, -0.2) is 0 Å². The van der Waals surface area contributed by atoms with Crippen LogP contribution in [-0.2, 0) is 0 Å². The molecule has 0 radical (unpaired) electrons.